The van der Waals surface area contributed by atoms with Gasteiger partial charge in [0.1, 0.15) is 5.75 Å². The van der Waals surface area contributed by atoms with E-state index in [1.165, 1.54) is 16.7 Å². The molecule has 4 N–H and O–H groups in total. The first-order chi connectivity index (χ1) is 19.4. The molecule has 0 saturated carbocycles. The molecular formula is C30H32N5O5+. The maximum atomic E-state index is 13.2. The molecule has 1 atom stereocenters. The topological polar surface area (TPSA) is 124 Å². The molecule has 10 nitrogen and oxygen atoms in total. The predicted octanol–water partition coefficient (Wildman–Crippen LogP) is 3.55. The van der Waals surface area contributed by atoms with Gasteiger partial charge in [0.05, 0.1) is 51.7 Å². The smallest absolute Gasteiger partial charge is 0.282 e. The van der Waals surface area contributed by atoms with Gasteiger partial charge >= 0.3 is 0 Å². The summed E-state index contributed by atoms with van der Waals surface area (Å²) in [6, 6.07) is 16.9. The molecule has 1 unspecified atom stereocenters. The minimum absolute atomic E-state index is 0.191. The Balaban J connectivity index is 1.40. The van der Waals surface area contributed by atoms with Crippen molar-refractivity contribution >= 4 is 17.7 Å². The number of carbonyl (C=O) groups excluding carboxylic acids is 1. The van der Waals surface area contributed by atoms with Crippen molar-refractivity contribution in [3.05, 3.63) is 77.5 Å². The largest absolute Gasteiger partial charge is 0.495 e. The molecule has 1 amide bonds. The highest BCUT2D eigenvalue weighted by Crippen LogP contribution is 2.40. The van der Waals surface area contributed by atoms with Crippen LogP contribution in [0.5, 0.6) is 23.0 Å². The average molecular weight is 543 g/mol. The Labute approximate surface area is 232 Å². The summed E-state index contributed by atoms with van der Waals surface area (Å²) in [5, 5.41) is 11.4. The second-order valence-corrected chi connectivity index (χ2v) is 9.40. The van der Waals surface area contributed by atoms with Gasteiger partial charge in [-0.3, -0.25) is 4.79 Å². The molecule has 1 heterocycles. The number of hydrogen-bond donors (Lipinski definition) is 2. The summed E-state index contributed by atoms with van der Waals surface area (Å²) in [7, 11) is 6.22. The fourth-order valence-electron chi connectivity index (χ4n) is 4.90. The van der Waals surface area contributed by atoms with E-state index in [2.05, 4.69) is 39.6 Å². The maximum Gasteiger partial charge on any atom is 0.282 e. The lowest BCUT2D eigenvalue weighted by Crippen LogP contribution is -2.66. The molecule has 5 rings (SSSR count). The first-order valence-electron chi connectivity index (χ1n) is 12.8. The number of rotatable bonds is 10. The van der Waals surface area contributed by atoms with Gasteiger partial charge in [0.2, 0.25) is 5.75 Å². The van der Waals surface area contributed by atoms with Crippen LogP contribution in [0.1, 0.15) is 17.5 Å². The number of nitrogens with zero attached hydrogens (tertiary/aromatic N) is 3. The Morgan fingerprint density at radius 3 is 2.38 bits per heavy atom. The normalized spacial score (nSPS) is 12.8. The van der Waals surface area contributed by atoms with Crippen LogP contribution >= 0.6 is 0 Å². The minimum Gasteiger partial charge on any atom is -0.495 e. The second-order valence-electron chi connectivity index (χ2n) is 9.40. The third kappa shape index (κ3) is 5.21. The molecule has 1 aromatic heterocycles. The Morgan fingerprint density at radius 2 is 1.70 bits per heavy atom. The summed E-state index contributed by atoms with van der Waals surface area (Å²) in [5.74, 6) is 1.79. The Hall–Kier alpha value is -4.83. The average Bonchev–Trinajstić information content (AvgIpc) is 3.63. The molecule has 0 aliphatic heterocycles. The molecule has 3 aromatic carbocycles. The van der Waals surface area contributed by atoms with E-state index in [4.69, 9.17) is 18.9 Å². The number of hydrogen-bond acceptors (Lipinski definition) is 7. The van der Waals surface area contributed by atoms with E-state index in [-0.39, 0.29) is 5.91 Å². The summed E-state index contributed by atoms with van der Waals surface area (Å²) in [6.07, 6.45) is 5.21. The van der Waals surface area contributed by atoms with Crippen LogP contribution < -0.4 is 30.0 Å². The number of amides is 1. The van der Waals surface area contributed by atoms with Crippen LogP contribution in [0.15, 0.2) is 66.4 Å². The highest BCUT2D eigenvalue weighted by Gasteiger charge is 2.24. The van der Waals surface area contributed by atoms with Gasteiger partial charge in [0.25, 0.3) is 5.91 Å². The van der Waals surface area contributed by atoms with Crippen LogP contribution in [-0.2, 0) is 11.2 Å². The zero-order valence-electron chi connectivity index (χ0n) is 22.9. The molecule has 206 valence electrons. The number of aromatic nitrogens is 3. The van der Waals surface area contributed by atoms with E-state index >= 15 is 0 Å². The zero-order valence-corrected chi connectivity index (χ0v) is 22.9. The third-order valence-electron chi connectivity index (χ3n) is 6.91. The van der Waals surface area contributed by atoms with Crippen LogP contribution in [-0.4, -0.2) is 55.4 Å². The van der Waals surface area contributed by atoms with Crippen LogP contribution in [0.2, 0.25) is 0 Å². The Bertz CT molecular complexity index is 1550. The molecule has 4 aromatic rings. The molecule has 0 bridgehead atoms. The summed E-state index contributed by atoms with van der Waals surface area (Å²) in [4.78, 5) is 13.2. The van der Waals surface area contributed by atoms with Crippen molar-refractivity contribution in [1.29, 1.82) is 0 Å². The number of methoxy groups -OCH3 is 4. The SMILES string of the molecule is COc1ccc(-c2cnnn2-c2cc(OC)c(OC)c(OC)c2)cc1NC(=O)C([NH3+])CC1=Cc2ccccc2C1. The number of quaternary nitrogens is 1. The maximum absolute atomic E-state index is 13.2. The number of anilines is 1. The van der Waals surface area contributed by atoms with Crippen molar-refractivity contribution in [1.82, 2.24) is 15.0 Å². The van der Waals surface area contributed by atoms with E-state index in [0.717, 1.165) is 12.0 Å². The van der Waals surface area contributed by atoms with E-state index in [9.17, 15) is 4.79 Å². The zero-order chi connectivity index (χ0) is 28.2. The van der Waals surface area contributed by atoms with Crippen LogP contribution in [0.3, 0.4) is 0 Å². The van der Waals surface area contributed by atoms with Gasteiger partial charge in [0, 0.05) is 24.1 Å². The van der Waals surface area contributed by atoms with Crippen molar-refractivity contribution in [3.63, 3.8) is 0 Å². The highest BCUT2D eigenvalue weighted by molar-refractivity contribution is 5.96. The standard InChI is InChI=1S/C30H31N5O5/c1-37-26-10-9-21(25-17-32-34-35(25)22-15-27(38-2)29(40-4)28(16-22)39-3)14-24(26)33-30(36)23(31)13-18-11-19-7-5-6-8-20(19)12-18/h5-11,14-17,23H,12-13,31H2,1-4H3,(H,33,36)/p+1. The summed E-state index contributed by atoms with van der Waals surface area (Å²) in [5.41, 5.74) is 10.5. The fourth-order valence-corrected chi connectivity index (χ4v) is 4.90. The Kier molecular flexibility index (Phi) is 7.70. The number of benzene rings is 3. The van der Waals surface area contributed by atoms with Gasteiger partial charge < -0.3 is 30.0 Å². The van der Waals surface area contributed by atoms with E-state index < -0.39 is 6.04 Å². The lowest BCUT2D eigenvalue weighted by Gasteiger charge is -2.16. The lowest BCUT2D eigenvalue weighted by molar-refractivity contribution is -0.401. The lowest BCUT2D eigenvalue weighted by atomic mass is 10.0. The third-order valence-corrected chi connectivity index (χ3v) is 6.91. The molecule has 0 fully saturated rings. The number of nitrogens with one attached hydrogen (secondary N) is 1. The van der Waals surface area contributed by atoms with E-state index in [1.807, 2.05) is 24.3 Å². The predicted molar refractivity (Wildman–Crippen MR) is 151 cm³/mol. The van der Waals surface area contributed by atoms with Gasteiger partial charge in [0.15, 0.2) is 17.5 Å². The highest BCUT2D eigenvalue weighted by atomic mass is 16.5. The van der Waals surface area contributed by atoms with Crippen molar-refractivity contribution in [2.75, 3.05) is 33.8 Å². The number of carbonyl (C=O) groups is 1. The van der Waals surface area contributed by atoms with Crippen LogP contribution in [0.25, 0.3) is 23.0 Å². The van der Waals surface area contributed by atoms with Crippen LogP contribution in [0.4, 0.5) is 5.69 Å². The molecule has 40 heavy (non-hydrogen) atoms. The molecule has 0 saturated heterocycles. The molecule has 10 heteroatoms. The minimum atomic E-state index is -0.472. The first-order valence-corrected chi connectivity index (χ1v) is 12.8. The number of fused-ring (bicyclic) bond motifs is 1. The van der Waals surface area contributed by atoms with Gasteiger partial charge in [-0.2, -0.15) is 0 Å². The number of ether oxygens (including phenoxy) is 4. The van der Waals surface area contributed by atoms with Gasteiger partial charge in [-0.1, -0.05) is 41.1 Å². The fraction of sp³-hybridized carbons (Fsp3) is 0.233. The Morgan fingerprint density at radius 1 is 0.975 bits per heavy atom. The molecule has 1 aliphatic carbocycles. The van der Waals surface area contributed by atoms with E-state index in [1.54, 1.807) is 57.5 Å². The van der Waals surface area contributed by atoms with Crippen molar-refractivity contribution < 1.29 is 29.5 Å². The summed E-state index contributed by atoms with van der Waals surface area (Å²) in [6.45, 7) is 0. The monoisotopic (exact) mass is 542 g/mol. The first kappa shape index (κ1) is 26.8. The summed E-state index contributed by atoms with van der Waals surface area (Å²) < 4.78 is 23.7. The van der Waals surface area contributed by atoms with Gasteiger partial charge in [-0.25, -0.2) is 4.68 Å². The van der Waals surface area contributed by atoms with Crippen molar-refractivity contribution in [2.45, 2.75) is 18.9 Å². The van der Waals surface area contributed by atoms with Gasteiger partial charge in [-0.15, -0.1) is 5.10 Å². The van der Waals surface area contributed by atoms with Crippen LogP contribution in [0, 0.1) is 0 Å². The molecule has 0 spiro atoms. The van der Waals surface area contributed by atoms with E-state index in [0.29, 0.717) is 46.5 Å². The summed E-state index contributed by atoms with van der Waals surface area (Å²) >= 11 is 0. The van der Waals surface area contributed by atoms with Gasteiger partial charge in [-0.05, 0) is 35.7 Å². The molecule has 0 radical (unpaired) electrons. The van der Waals surface area contributed by atoms with Crippen molar-refractivity contribution in [3.8, 4) is 39.9 Å². The second kappa shape index (κ2) is 11.5. The molecule has 1 aliphatic rings. The van der Waals surface area contributed by atoms with Crippen molar-refractivity contribution in [2.24, 2.45) is 0 Å². The quantitative estimate of drug-likeness (QED) is 0.314. The molecular weight excluding hydrogens is 510 g/mol.